The van der Waals surface area contributed by atoms with Gasteiger partial charge in [0.15, 0.2) is 0 Å². The first-order valence-electron chi connectivity index (χ1n) is 8.87. The maximum Gasteiger partial charge on any atom is 0.209 e. The molecule has 2 aromatic rings. The highest BCUT2D eigenvalue weighted by atomic mass is 35.5. The van der Waals surface area contributed by atoms with E-state index < -0.39 is 0 Å². The van der Waals surface area contributed by atoms with Gasteiger partial charge in [-0.1, -0.05) is 23.2 Å². The van der Waals surface area contributed by atoms with Gasteiger partial charge in [-0.15, -0.1) is 0 Å². The topological polar surface area (TPSA) is 57.7 Å². The Morgan fingerprint density at radius 3 is 3.04 bits per heavy atom. The molecular formula is C19H20Cl2N4O2. The molecule has 1 saturated heterocycles. The molecule has 1 N–H and O–H groups in total. The number of pyridine rings is 1. The second kappa shape index (κ2) is 7.92. The zero-order valence-corrected chi connectivity index (χ0v) is 16.2. The first-order chi connectivity index (χ1) is 13.1. The van der Waals surface area contributed by atoms with Gasteiger partial charge in [0.25, 0.3) is 0 Å². The van der Waals surface area contributed by atoms with Crippen molar-refractivity contribution in [1.29, 1.82) is 0 Å². The fourth-order valence-electron chi connectivity index (χ4n) is 3.45. The number of hydrogen-bond donors (Lipinski definition) is 1. The summed E-state index contributed by atoms with van der Waals surface area (Å²) in [5.74, 6) is 0.839. The smallest absolute Gasteiger partial charge is 0.209 e. The lowest BCUT2D eigenvalue weighted by Crippen LogP contribution is -2.38. The molecule has 1 atom stereocenters. The second-order valence-corrected chi connectivity index (χ2v) is 7.52. The Balaban J connectivity index is 1.61. The van der Waals surface area contributed by atoms with Crippen LogP contribution in [0.2, 0.25) is 10.0 Å². The summed E-state index contributed by atoms with van der Waals surface area (Å²) in [6.07, 6.45) is 2.53. The molecule has 4 rings (SSSR count). The number of carbonyl (C=O) groups excluding carboxylic acids is 1. The van der Waals surface area contributed by atoms with Crippen molar-refractivity contribution >= 4 is 41.1 Å². The summed E-state index contributed by atoms with van der Waals surface area (Å²) in [4.78, 5) is 19.6. The van der Waals surface area contributed by atoms with Gasteiger partial charge in [0.05, 0.1) is 18.8 Å². The quantitative estimate of drug-likeness (QED) is 0.788. The van der Waals surface area contributed by atoms with E-state index in [1.165, 1.54) is 0 Å². The van der Waals surface area contributed by atoms with Crippen LogP contribution in [-0.2, 0) is 16.1 Å². The number of fused-ring (bicyclic) bond motifs is 1. The van der Waals surface area contributed by atoms with Crippen molar-refractivity contribution in [3.63, 3.8) is 0 Å². The number of aromatic nitrogens is 1. The average molecular weight is 407 g/mol. The molecule has 3 heterocycles. The Bertz CT molecular complexity index is 848. The highest BCUT2D eigenvalue weighted by Gasteiger charge is 2.25. The lowest BCUT2D eigenvalue weighted by Gasteiger charge is -2.34. The van der Waals surface area contributed by atoms with Crippen LogP contribution in [0.1, 0.15) is 17.2 Å². The van der Waals surface area contributed by atoms with E-state index in [0.29, 0.717) is 36.3 Å². The van der Waals surface area contributed by atoms with Gasteiger partial charge < -0.3 is 19.9 Å². The Kier molecular flexibility index (Phi) is 5.38. The maximum atomic E-state index is 11.1. The van der Waals surface area contributed by atoms with Crippen molar-refractivity contribution in [3.8, 4) is 0 Å². The Morgan fingerprint density at radius 1 is 1.30 bits per heavy atom. The van der Waals surface area contributed by atoms with Crippen LogP contribution >= 0.6 is 23.2 Å². The molecule has 0 aliphatic carbocycles. The molecule has 27 heavy (non-hydrogen) atoms. The number of amides is 1. The summed E-state index contributed by atoms with van der Waals surface area (Å²) in [7, 11) is 0. The van der Waals surface area contributed by atoms with Gasteiger partial charge in [-0.2, -0.15) is 0 Å². The molecule has 0 bridgehead atoms. The number of benzene rings is 1. The lowest BCUT2D eigenvalue weighted by atomic mass is 10.1. The molecule has 1 amide bonds. The molecule has 1 fully saturated rings. The van der Waals surface area contributed by atoms with E-state index in [4.69, 9.17) is 27.9 Å². The number of rotatable bonds is 4. The number of halogens is 2. The normalized spacial score (nSPS) is 19.4. The summed E-state index contributed by atoms with van der Waals surface area (Å²) in [5.41, 5.74) is 2.94. The minimum absolute atomic E-state index is 0.166. The highest BCUT2D eigenvalue weighted by Crippen LogP contribution is 2.33. The van der Waals surface area contributed by atoms with Gasteiger partial charge in [0.1, 0.15) is 11.9 Å². The summed E-state index contributed by atoms with van der Waals surface area (Å²) >= 11 is 12.5. The molecule has 2 aliphatic heterocycles. The van der Waals surface area contributed by atoms with Crippen molar-refractivity contribution in [1.82, 2.24) is 9.88 Å². The van der Waals surface area contributed by atoms with Crippen molar-refractivity contribution in [2.45, 2.75) is 12.6 Å². The van der Waals surface area contributed by atoms with E-state index in [1.807, 2.05) is 18.3 Å². The van der Waals surface area contributed by atoms with Crippen molar-refractivity contribution in [2.75, 3.05) is 43.0 Å². The molecule has 1 aromatic heterocycles. The molecule has 2 aliphatic rings. The summed E-state index contributed by atoms with van der Waals surface area (Å²) < 4.78 is 5.86. The number of nitrogens with zero attached hydrogens (tertiary/aromatic N) is 3. The molecular weight excluding hydrogens is 387 g/mol. The summed E-state index contributed by atoms with van der Waals surface area (Å²) in [6, 6.07) is 7.60. The highest BCUT2D eigenvalue weighted by molar-refractivity contribution is 6.33. The second-order valence-electron chi connectivity index (χ2n) is 6.68. The number of hydrogen-bond acceptors (Lipinski definition) is 5. The van der Waals surface area contributed by atoms with Crippen LogP contribution in [0, 0.1) is 0 Å². The molecule has 142 valence electrons. The Hall–Kier alpha value is -2.02. The van der Waals surface area contributed by atoms with Gasteiger partial charge in [-0.25, -0.2) is 4.98 Å². The largest absolute Gasteiger partial charge is 0.370 e. The maximum absolute atomic E-state index is 11.1. The van der Waals surface area contributed by atoms with E-state index >= 15 is 0 Å². The molecule has 0 saturated carbocycles. The molecule has 6 nitrogen and oxygen atoms in total. The fourth-order valence-corrected chi connectivity index (χ4v) is 3.82. The number of anilines is 2. The SMILES string of the molecule is O=CN1CCOC(c2cnc3c(c2)N(Cc2cc(Cl)ccc2Cl)CCN3)C1. The van der Waals surface area contributed by atoms with Gasteiger partial charge in [-0.05, 0) is 29.8 Å². The van der Waals surface area contributed by atoms with Gasteiger partial charge in [-0.3, -0.25) is 4.79 Å². The van der Waals surface area contributed by atoms with E-state index in [0.717, 1.165) is 42.1 Å². The minimum Gasteiger partial charge on any atom is -0.370 e. The van der Waals surface area contributed by atoms with Crippen LogP contribution < -0.4 is 10.2 Å². The third-order valence-corrected chi connectivity index (χ3v) is 5.50. The van der Waals surface area contributed by atoms with Gasteiger partial charge in [0, 0.05) is 48.0 Å². The van der Waals surface area contributed by atoms with Crippen LogP contribution in [0.3, 0.4) is 0 Å². The first kappa shape index (κ1) is 18.3. The van der Waals surface area contributed by atoms with Crippen molar-refractivity contribution in [3.05, 3.63) is 51.6 Å². The monoisotopic (exact) mass is 406 g/mol. The lowest BCUT2D eigenvalue weighted by molar-refractivity contribution is -0.125. The molecule has 0 radical (unpaired) electrons. The number of ether oxygens (including phenoxy) is 1. The zero-order chi connectivity index (χ0) is 18.8. The van der Waals surface area contributed by atoms with E-state index in [-0.39, 0.29) is 6.10 Å². The predicted octanol–water partition coefficient (Wildman–Crippen LogP) is 3.35. The molecule has 8 heteroatoms. The average Bonchev–Trinajstić information content (AvgIpc) is 2.70. The molecule has 1 unspecified atom stereocenters. The van der Waals surface area contributed by atoms with Gasteiger partial charge in [0.2, 0.25) is 6.41 Å². The van der Waals surface area contributed by atoms with Crippen molar-refractivity contribution < 1.29 is 9.53 Å². The van der Waals surface area contributed by atoms with Crippen LogP contribution in [-0.4, -0.2) is 49.1 Å². The molecule has 0 spiro atoms. The molecule has 1 aromatic carbocycles. The van der Waals surface area contributed by atoms with E-state index in [2.05, 4.69) is 21.3 Å². The summed E-state index contributed by atoms with van der Waals surface area (Å²) in [6.45, 7) is 3.96. The Labute approximate surface area is 168 Å². The van der Waals surface area contributed by atoms with Crippen LogP contribution in [0.25, 0.3) is 0 Å². The summed E-state index contributed by atoms with van der Waals surface area (Å²) in [5, 5.41) is 4.70. The first-order valence-corrected chi connectivity index (χ1v) is 9.63. The predicted molar refractivity (Wildman–Crippen MR) is 107 cm³/mol. The Morgan fingerprint density at radius 2 is 2.19 bits per heavy atom. The van der Waals surface area contributed by atoms with E-state index in [9.17, 15) is 4.79 Å². The van der Waals surface area contributed by atoms with Crippen molar-refractivity contribution in [2.24, 2.45) is 0 Å². The minimum atomic E-state index is -0.166. The van der Waals surface area contributed by atoms with Gasteiger partial charge >= 0.3 is 0 Å². The third-order valence-electron chi connectivity index (χ3n) is 4.89. The van der Waals surface area contributed by atoms with Crippen LogP contribution in [0.15, 0.2) is 30.5 Å². The van der Waals surface area contributed by atoms with Crippen LogP contribution in [0.5, 0.6) is 0 Å². The number of carbonyl (C=O) groups is 1. The fraction of sp³-hybridized carbons (Fsp3) is 0.368. The number of nitrogens with one attached hydrogen (secondary N) is 1. The number of morpholine rings is 1. The zero-order valence-electron chi connectivity index (χ0n) is 14.7. The van der Waals surface area contributed by atoms with E-state index in [1.54, 1.807) is 11.0 Å². The third kappa shape index (κ3) is 3.98. The van der Waals surface area contributed by atoms with Crippen LogP contribution in [0.4, 0.5) is 11.5 Å². The standard InChI is InChI=1S/C19H20Cl2N4O2/c20-15-1-2-16(21)14(7-15)10-25-4-3-22-19-17(25)8-13(9-23-19)18-11-24(12-26)5-6-27-18/h1-2,7-9,12,18H,3-6,10-11H2,(H,22,23).